The fourth-order valence-electron chi connectivity index (χ4n) is 1.18. The van der Waals surface area contributed by atoms with E-state index in [2.05, 4.69) is 10.5 Å². The Labute approximate surface area is 93.1 Å². The second-order valence-electron chi connectivity index (χ2n) is 3.32. The van der Waals surface area contributed by atoms with Crippen molar-refractivity contribution in [1.82, 2.24) is 5.32 Å². The number of amides is 1. The fraction of sp³-hybridized carbons (Fsp3) is 0.400. The first-order chi connectivity index (χ1) is 7.74. The molecule has 1 aromatic heterocycles. The third-order valence-corrected chi connectivity index (χ3v) is 2.06. The second-order valence-corrected chi connectivity index (χ2v) is 3.32. The fourth-order valence-corrected chi connectivity index (χ4v) is 1.18. The second kappa shape index (κ2) is 6.49. The van der Waals surface area contributed by atoms with Crippen molar-refractivity contribution >= 4 is 11.7 Å². The molecule has 0 saturated heterocycles. The van der Waals surface area contributed by atoms with Crippen molar-refractivity contribution in [3.8, 4) is 0 Å². The van der Waals surface area contributed by atoms with Gasteiger partial charge in [0.1, 0.15) is 12.1 Å². The van der Waals surface area contributed by atoms with Gasteiger partial charge in [0.15, 0.2) is 0 Å². The van der Waals surface area contributed by atoms with Crippen LogP contribution in [-0.2, 0) is 0 Å². The Morgan fingerprint density at radius 1 is 1.56 bits per heavy atom. The number of oxime groups is 1. The van der Waals surface area contributed by atoms with E-state index in [0.29, 0.717) is 18.5 Å². The first-order valence-electron chi connectivity index (χ1n) is 5.01. The lowest BCUT2D eigenvalue weighted by Crippen LogP contribution is -2.24. The molecule has 1 heterocycles. The molecule has 4 N–H and O–H groups in total. The molecular formula is C10H15N3O3. The zero-order valence-electron chi connectivity index (χ0n) is 8.85. The summed E-state index contributed by atoms with van der Waals surface area (Å²) in [5.41, 5.74) is 5.80. The Bertz CT molecular complexity index is 346. The van der Waals surface area contributed by atoms with Crippen LogP contribution in [0, 0.1) is 0 Å². The summed E-state index contributed by atoms with van der Waals surface area (Å²) in [7, 11) is 0. The molecule has 0 spiro atoms. The van der Waals surface area contributed by atoms with Gasteiger partial charge in [-0.3, -0.25) is 4.79 Å². The van der Waals surface area contributed by atoms with Crippen LogP contribution in [-0.4, -0.2) is 23.5 Å². The average Bonchev–Trinajstić information content (AvgIpc) is 2.81. The first-order valence-corrected chi connectivity index (χ1v) is 5.01. The van der Waals surface area contributed by atoms with Crippen LogP contribution in [0.2, 0.25) is 0 Å². The zero-order valence-corrected chi connectivity index (χ0v) is 8.85. The van der Waals surface area contributed by atoms with Crippen molar-refractivity contribution in [1.29, 1.82) is 0 Å². The van der Waals surface area contributed by atoms with Crippen LogP contribution in [0.4, 0.5) is 0 Å². The Kier molecular flexibility index (Phi) is 4.91. The standard InChI is InChI=1S/C10H15N3O3/c11-9(13-15)3-1-2-5-12-10(14)8-4-6-16-7-8/h4,6-7,15H,1-3,5H2,(H2,11,13)(H,12,14). The van der Waals surface area contributed by atoms with E-state index in [9.17, 15) is 4.79 Å². The van der Waals surface area contributed by atoms with E-state index in [0.717, 1.165) is 12.8 Å². The number of amidine groups is 1. The van der Waals surface area contributed by atoms with Crippen molar-refractivity contribution in [2.45, 2.75) is 19.3 Å². The molecule has 16 heavy (non-hydrogen) atoms. The SMILES string of the molecule is NC(CCCCNC(=O)c1ccoc1)=NO. The van der Waals surface area contributed by atoms with E-state index < -0.39 is 0 Å². The molecule has 0 fully saturated rings. The molecule has 0 aliphatic rings. The van der Waals surface area contributed by atoms with Crippen molar-refractivity contribution in [2.75, 3.05) is 6.54 Å². The molecule has 0 unspecified atom stereocenters. The van der Waals surface area contributed by atoms with Crippen molar-refractivity contribution in [3.05, 3.63) is 24.2 Å². The third kappa shape index (κ3) is 4.04. The number of nitrogens with zero attached hydrogens (tertiary/aromatic N) is 1. The summed E-state index contributed by atoms with van der Waals surface area (Å²) >= 11 is 0. The van der Waals surface area contributed by atoms with E-state index in [1.807, 2.05) is 0 Å². The van der Waals surface area contributed by atoms with Gasteiger partial charge in [0.05, 0.1) is 11.8 Å². The molecule has 0 aliphatic heterocycles. The van der Waals surface area contributed by atoms with Crippen LogP contribution in [0.5, 0.6) is 0 Å². The van der Waals surface area contributed by atoms with Gasteiger partial charge in [-0.15, -0.1) is 0 Å². The quantitative estimate of drug-likeness (QED) is 0.220. The maximum absolute atomic E-state index is 11.4. The highest BCUT2D eigenvalue weighted by atomic mass is 16.4. The number of hydrogen-bond acceptors (Lipinski definition) is 4. The Morgan fingerprint density at radius 2 is 2.38 bits per heavy atom. The first kappa shape index (κ1) is 12.1. The maximum Gasteiger partial charge on any atom is 0.254 e. The molecule has 0 aromatic carbocycles. The number of carbonyl (C=O) groups excluding carboxylic acids is 1. The van der Waals surface area contributed by atoms with Gasteiger partial charge in [0.2, 0.25) is 0 Å². The van der Waals surface area contributed by atoms with Crippen LogP contribution in [0.3, 0.4) is 0 Å². The van der Waals surface area contributed by atoms with Gasteiger partial charge in [0.25, 0.3) is 5.91 Å². The predicted molar refractivity (Wildman–Crippen MR) is 58.3 cm³/mol. The summed E-state index contributed by atoms with van der Waals surface area (Å²) < 4.78 is 4.79. The van der Waals surface area contributed by atoms with E-state index >= 15 is 0 Å². The highest BCUT2D eigenvalue weighted by molar-refractivity contribution is 5.93. The molecule has 6 nitrogen and oxygen atoms in total. The lowest BCUT2D eigenvalue weighted by molar-refractivity contribution is 0.0952. The minimum atomic E-state index is -0.155. The monoisotopic (exact) mass is 225 g/mol. The van der Waals surface area contributed by atoms with Crippen LogP contribution in [0.25, 0.3) is 0 Å². The number of nitrogens with one attached hydrogen (secondary N) is 1. The number of furan rings is 1. The summed E-state index contributed by atoms with van der Waals surface area (Å²) in [4.78, 5) is 11.4. The van der Waals surface area contributed by atoms with Crippen molar-refractivity contribution < 1.29 is 14.4 Å². The van der Waals surface area contributed by atoms with Gasteiger partial charge < -0.3 is 20.7 Å². The molecule has 0 saturated carbocycles. The molecule has 88 valence electrons. The summed E-state index contributed by atoms with van der Waals surface area (Å²) in [5, 5.41) is 13.9. The van der Waals surface area contributed by atoms with Gasteiger partial charge in [0, 0.05) is 13.0 Å². The molecule has 1 rings (SSSR count). The highest BCUT2D eigenvalue weighted by Crippen LogP contribution is 1.99. The minimum absolute atomic E-state index is 0.155. The topological polar surface area (TPSA) is 101 Å². The van der Waals surface area contributed by atoms with Gasteiger partial charge >= 0.3 is 0 Å². The third-order valence-electron chi connectivity index (χ3n) is 2.06. The van der Waals surface area contributed by atoms with Crippen molar-refractivity contribution in [3.63, 3.8) is 0 Å². The van der Waals surface area contributed by atoms with E-state index in [-0.39, 0.29) is 11.7 Å². The molecule has 0 aliphatic carbocycles. The lowest BCUT2D eigenvalue weighted by Gasteiger charge is -2.02. The van der Waals surface area contributed by atoms with Crippen LogP contribution >= 0.6 is 0 Å². The summed E-state index contributed by atoms with van der Waals surface area (Å²) in [6, 6.07) is 1.60. The van der Waals surface area contributed by atoms with Crippen LogP contribution in [0.1, 0.15) is 29.6 Å². The number of carbonyl (C=O) groups is 1. The van der Waals surface area contributed by atoms with E-state index in [1.54, 1.807) is 6.07 Å². The zero-order chi connectivity index (χ0) is 11.8. The average molecular weight is 225 g/mol. The maximum atomic E-state index is 11.4. The van der Waals surface area contributed by atoms with Gasteiger partial charge in [-0.2, -0.15) is 0 Å². The van der Waals surface area contributed by atoms with E-state index in [4.69, 9.17) is 15.4 Å². The lowest BCUT2D eigenvalue weighted by atomic mass is 10.2. The number of rotatable bonds is 6. The molecule has 1 amide bonds. The number of unbranched alkanes of at least 4 members (excludes halogenated alkanes) is 1. The molecule has 1 aromatic rings. The van der Waals surface area contributed by atoms with Gasteiger partial charge in [-0.25, -0.2) is 0 Å². The largest absolute Gasteiger partial charge is 0.472 e. The Balaban J connectivity index is 2.10. The minimum Gasteiger partial charge on any atom is -0.472 e. The summed E-state index contributed by atoms with van der Waals surface area (Å²) in [5.74, 6) is 0.0544. The molecular weight excluding hydrogens is 210 g/mol. The molecule has 6 heteroatoms. The summed E-state index contributed by atoms with van der Waals surface area (Å²) in [6.45, 7) is 0.558. The number of nitrogens with two attached hydrogens (primary N) is 1. The predicted octanol–water partition coefficient (Wildman–Crippen LogP) is 0.926. The van der Waals surface area contributed by atoms with E-state index in [1.165, 1.54) is 12.5 Å². The van der Waals surface area contributed by atoms with Gasteiger partial charge in [-0.05, 0) is 18.9 Å². The molecule has 0 bridgehead atoms. The van der Waals surface area contributed by atoms with Gasteiger partial charge in [-0.1, -0.05) is 5.16 Å². The Hall–Kier alpha value is -1.98. The van der Waals surface area contributed by atoms with Crippen LogP contribution in [0.15, 0.2) is 28.2 Å². The normalized spacial score (nSPS) is 11.4. The Morgan fingerprint density at radius 3 is 3.00 bits per heavy atom. The van der Waals surface area contributed by atoms with Crippen LogP contribution < -0.4 is 11.1 Å². The highest BCUT2D eigenvalue weighted by Gasteiger charge is 2.04. The van der Waals surface area contributed by atoms with Crippen molar-refractivity contribution in [2.24, 2.45) is 10.9 Å². The smallest absolute Gasteiger partial charge is 0.254 e. The number of hydrogen-bond donors (Lipinski definition) is 3. The molecule has 0 atom stereocenters. The summed E-state index contributed by atoms with van der Waals surface area (Å²) in [6.07, 6.45) is 4.92. The molecule has 0 radical (unpaired) electrons.